The molecule has 3 aromatic carbocycles. The molecule has 10 heteroatoms. The first-order chi connectivity index (χ1) is 16.7. The van der Waals surface area contributed by atoms with Gasteiger partial charge in [-0.05, 0) is 48.2 Å². The van der Waals surface area contributed by atoms with Gasteiger partial charge in [0.2, 0.25) is 11.7 Å². The lowest BCUT2D eigenvalue weighted by molar-refractivity contribution is -0.118. The van der Waals surface area contributed by atoms with Gasteiger partial charge in [0, 0.05) is 5.69 Å². The van der Waals surface area contributed by atoms with E-state index in [-0.39, 0.29) is 23.4 Å². The highest BCUT2D eigenvalue weighted by atomic mass is 19.2. The number of oxazole rings is 1. The maximum absolute atomic E-state index is 14.1. The summed E-state index contributed by atoms with van der Waals surface area (Å²) in [6, 6.07) is 11.5. The number of carbonyl (C=O) groups excluding carboxylic acids is 1. The Hall–Kier alpha value is -3.95. The van der Waals surface area contributed by atoms with E-state index in [9.17, 15) is 26.7 Å². The summed E-state index contributed by atoms with van der Waals surface area (Å²) in [4.78, 5) is 16.1. The van der Waals surface area contributed by atoms with E-state index in [1.807, 2.05) is 12.1 Å². The Morgan fingerprint density at radius 1 is 0.971 bits per heavy atom. The molecule has 0 aliphatic carbocycles. The van der Waals surface area contributed by atoms with Crippen molar-refractivity contribution in [3.05, 3.63) is 77.1 Å². The van der Waals surface area contributed by atoms with Crippen molar-refractivity contribution in [1.82, 2.24) is 4.98 Å². The molecule has 5 nitrogen and oxygen atoms in total. The normalized spacial score (nSPS) is 12.1. The first kappa shape index (κ1) is 24.2. The average Bonchev–Trinajstić information content (AvgIpc) is 3.27. The van der Waals surface area contributed by atoms with Crippen LogP contribution in [0, 0.1) is 29.1 Å². The molecule has 1 amide bonds. The lowest BCUT2D eigenvalue weighted by Crippen LogP contribution is -2.20. The largest absolute Gasteiger partial charge is 0.484 e. The van der Waals surface area contributed by atoms with Crippen LogP contribution in [0.3, 0.4) is 0 Å². The fraction of sp³-hybridized carbons (Fsp3) is 0.200. The lowest BCUT2D eigenvalue weighted by Gasteiger charge is -2.11. The number of nitrogens with one attached hydrogen (secondary N) is 1. The highest BCUT2D eigenvalue weighted by molar-refractivity contribution is 5.94. The molecule has 0 radical (unpaired) electrons. The van der Waals surface area contributed by atoms with Gasteiger partial charge in [-0.1, -0.05) is 26.0 Å². The number of fused-ring (bicyclic) bond motifs is 1. The van der Waals surface area contributed by atoms with E-state index in [0.717, 1.165) is 12.0 Å². The second-order valence-electron chi connectivity index (χ2n) is 7.86. The SMILES string of the molecule is CC[C@@H](C)c1ccc(OCC(=O)Nc2ccc3oc(-c4c(F)c(F)c(F)c(F)c4F)nc3c2)cc1. The van der Waals surface area contributed by atoms with Crippen LogP contribution in [0.5, 0.6) is 5.75 Å². The second-order valence-corrected chi connectivity index (χ2v) is 7.86. The highest BCUT2D eigenvalue weighted by Crippen LogP contribution is 2.33. The molecule has 1 atom stereocenters. The van der Waals surface area contributed by atoms with Crippen molar-refractivity contribution in [2.24, 2.45) is 0 Å². The molecule has 0 unspecified atom stereocenters. The predicted octanol–water partition coefficient (Wildman–Crippen LogP) is 6.72. The van der Waals surface area contributed by atoms with E-state index in [1.165, 1.54) is 18.2 Å². The van der Waals surface area contributed by atoms with Gasteiger partial charge in [0.05, 0.1) is 0 Å². The van der Waals surface area contributed by atoms with E-state index in [2.05, 4.69) is 24.1 Å². The molecule has 0 spiro atoms. The zero-order valence-corrected chi connectivity index (χ0v) is 18.6. The standard InChI is InChI=1S/C25H19F5N2O3/c1-3-12(2)13-4-7-15(8-5-13)34-11-18(33)31-14-6-9-17-16(10-14)32-25(35-17)19-20(26)22(28)24(30)23(29)21(19)27/h4-10,12H,3,11H2,1-2H3,(H,31,33)/t12-/m1/s1. The zero-order valence-electron chi connectivity index (χ0n) is 18.6. The number of carbonyl (C=O) groups is 1. The summed E-state index contributed by atoms with van der Waals surface area (Å²) in [6.07, 6.45) is 1.00. The monoisotopic (exact) mass is 490 g/mol. The summed E-state index contributed by atoms with van der Waals surface area (Å²) in [5, 5.41) is 2.58. The molecule has 1 N–H and O–H groups in total. The molecule has 0 saturated heterocycles. The van der Waals surface area contributed by atoms with Gasteiger partial charge in [-0.2, -0.15) is 0 Å². The Morgan fingerprint density at radius 3 is 2.23 bits per heavy atom. The van der Waals surface area contributed by atoms with Crippen LogP contribution in [-0.4, -0.2) is 17.5 Å². The maximum Gasteiger partial charge on any atom is 0.262 e. The number of nitrogens with zero attached hydrogens (tertiary/aromatic N) is 1. The molecule has 0 aliphatic heterocycles. The van der Waals surface area contributed by atoms with Crippen molar-refractivity contribution in [3.63, 3.8) is 0 Å². The van der Waals surface area contributed by atoms with Crippen molar-refractivity contribution in [2.75, 3.05) is 11.9 Å². The molecule has 0 bridgehead atoms. The first-order valence-electron chi connectivity index (χ1n) is 10.6. The topological polar surface area (TPSA) is 64.4 Å². The quantitative estimate of drug-likeness (QED) is 0.177. The smallest absolute Gasteiger partial charge is 0.262 e. The lowest BCUT2D eigenvalue weighted by atomic mass is 9.99. The number of anilines is 1. The average molecular weight is 490 g/mol. The zero-order chi connectivity index (χ0) is 25.3. The number of benzene rings is 3. The van der Waals surface area contributed by atoms with E-state index in [4.69, 9.17) is 9.15 Å². The summed E-state index contributed by atoms with van der Waals surface area (Å²) in [6.45, 7) is 3.92. The van der Waals surface area contributed by atoms with Gasteiger partial charge in [0.15, 0.2) is 35.5 Å². The van der Waals surface area contributed by atoms with Gasteiger partial charge in [-0.3, -0.25) is 4.79 Å². The van der Waals surface area contributed by atoms with Gasteiger partial charge in [0.25, 0.3) is 5.91 Å². The summed E-state index contributed by atoms with van der Waals surface area (Å²) >= 11 is 0. The van der Waals surface area contributed by atoms with Crippen molar-refractivity contribution in [1.29, 1.82) is 0 Å². The number of hydrogen-bond donors (Lipinski definition) is 1. The van der Waals surface area contributed by atoms with Crippen LogP contribution in [-0.2, 0) is 4.79 Å². The Bertz CT molecular complexity index is 1370. The molecule has 182 valence electrons. The number of amides is 1. The van der Waals surface area contributed by atoms with E-state index in [0.29, 0.717) is 11.7 Å². The fourth-order valence-corrected chi connectivity index (χ4v) is 3.38. The molecule has 35 heavy (non-hydrogen) atoms. The van der Waals surface area contributed by atoms with Crippen LogP contribution in [0.25, 0.3) is 22.6 Å². The van der Waals surface area contributed by atoms with Gasteiger partial charge in [0.1, 0.15) is 16.8 Å². The van der Waals surface area contributed by atoms with Crippen LogP contribution in [0.1, 0.15) is 31.7 Å². The molecular formula is C25H19F5N2O3. The molecule has 0 saturated carbocycles. The maximum atomic E-state index is 14.1. The molecule has 1 aromatic heterocycles. The third kappa shape index (κ3) is 4.82. The van der Waals surface area contributed by atoms with Gasteiger partial charge < -0.3 is 14.5 Å². The van der Waals surface area contributed by atoms with E-state index in [1.54, 1.807) is 12.1 Å². The van der Waals surface area contributed by atoms with Crippen LogP contribution < -0.4 is 10.1 Å². The minimum Gasteiger partial charge on any atom is -0.484 e. The number of aromatic nitrogens is 1. The van der Waals surface area contributed by atoms with Crippen molar-refractivity contribution < 1.29 is 35.9 Å². The summed E-state index contributed by atoms with van der Waals surface area (Å²) in [7, 11) is 0. The van der Waals surface area contributed by atoms with E-state index >= 15 is 0 Å². The number of rotatable bonds is 7. The van der Waals surface area contributed by atoms with E-state index < -0.39 is 46.4 Å². The number of halogens is 5. The highest BCUT2D eigenvalue weighted by Gasteiger charge is 2.29. The minimum atomic E-state index is -2.28. The molecule has 4 aromatic rings. The third-order valence-electron chi connectivity index (χ3n) is 5.53. The Labute approximate surface area is 196 Å². The Kier molecular flexibility index (Phi) is 6.72. The molecule has 1 heterocycles. The van der Waals surface area contributed by atoms with Gasteiger partial charge >= 0.3 is 0 Å². The summed E-state index contributed by atoms with van der Waals surface area (Å²) in [5.74, 6) is -11.0. The Morgan fingerprint density at radius 2 is 1.60 bits per heavy atom. The van der Waals surface area contributed by atoms with Crippen LogP contribution in [0.4, 0.5) is 27.6 Å². The number of hydrogen-bond acceptors (Lipinski definition) is 4. The summed E-state index contributed by atoms with van der Waals surface area (Å²) < 4.78 is 79.2. The second kappa shape index (κ2) is 9.73. The summed E-state index contributed by atoms with van der Waals surface area (Å²) in [5.41, 5.74) is 0.185. The fourth-order valence-electron chi connectivity index (χ4n) is 3.38. The first-order valence-corrected chi connectivity index (χ1v) is 10.6. The number of ether oxygens (including phenoxy) is 1. The molecule has 0 fully saturated rings. The van der Waals surface area contributed by atoms with Gasteiger partial charge in [-0.25, -0.2) is 26.9 Å². The Balaban J connectivity index is 1.48. The molecular weight excluding hydrogens is 471 g/mol. The molecule has 0 aliphatic rings. The predicted molar refractivity (Wildman–Crippen MR) is 119 cm³/mol. The van der Waals surface area contributed by atoms with Gasteiger partial charge in [-0.15, -0.1) is 0 Å². The van der Waals surface area contributed by atoms with Crippen molar-refractivity contribution in [2.45, 2.75) is 26.2 Å². The van der Waals surface area contributed by atoms with Crippen LogP contribution in [0.2, 0.25) is 0 Å². The van der Waals surface area contributed by atoms with Crippen molar-refractivity contribution >= 4 is 22.7 Å². The molecule has 4 rings (SSSR count). The van der Waals surface area contributed by atoms with Crippen LogP contribution >= 0.6 is 0 Å². The van der Waals surface area contributed by atoms with Crippen molar-refractivity contribution in [3.8, 4) is 17.2 Å². The van der Waals surface area contributed by atoms with Crippen LogP contribution in [0.15, 0.2) is 46.9 Å². The minimum absolute atomic E-state index is 0.0135. The third-order valence-corrected chi connectivity index (χ3v) is 5.53.